The van der Waals surface area contributed by atoms with Crippen molar-refractivity contribution in [1.29, 1.82) is 0 Å². The van der Waals surface area contributed by atoms with Crippen molar-refractivity contribution in [3.05, 3.63) is 16.7 Å². The van der Waals surface area contributed by atoms with Gasteiger partial charge in [0.1, 0.15) is 10.7 Å². The lowest BCUT2D eigenvalue weighted by Crippen LogP contribution is -2.41. The Morgan fingerprint density at radius 1 is 1.38 bits per heavy atom. The van der Waals surface area contributed by atoms with E-state index >= 15 is 0 Å². The van der Waals surface area contributed by atoms with Crippen LogP contribution in [0.15, 0.2) is 21.6 Å². The van der Waals surface area contributed by atoms with E-state index in [-0.39, 0.29) is 16.8 Å². The zero-order chi connectivity index (χ0) is 15.8. The predicted octanol–water partition coefficient (Wildman–Crippen LogP) is 3.02. The SMILES string of the molecule is CN(C1CCC(C)(C)CC1)S(=O)(=O)c1cc(Br)cnc1N. The quantitative estimate of drug-likeness (QED) is 0.880. The van der Waals surface area contributed by atoms with Gasteiger partial charge in [-0.15, -0.1) is 0 Å². The molecule has 0 atom stereocenters. The Kier molecular flexibility index (Phi) is 4.66. The van der Waals surface area contributed by atoms with Gasteiger partial charge in [0, 0.05) is 23.8 Å². The molecule has 21 heavy (non-hydrogen) atoms. The molecule has 2 rings (SSSR count). The van der Waals surface area contributed by atoms with E-state index in [0.29, 0.717) is 9.89 Å². The van der Waals surface area contributed by atoms with E-state index in [1.807, 2.05) is 0 Å². The highest BCUT2D eigenvalue weighted by Gasteiger charge is 2.35. The van der Waals surface area contributed by atoms with Gasteiger partial charge in [-0.05, 0) is 53.1 Å². The summed E-state index contributed by atoms with van der Waals surface area (Å²) in [5.41, 5.74) is 6.05. The van der Waals surface area contributed by atoms with Crippen LogP contribution in [0.3, 0.4) is 0 Å². The Hall–Kier alpha value is -0.660. The molecule has 1 fully saturated rings. The lowest BCUT2D eigenvalue weighted by Gasteiger charge is -2.38. The number of anilines is 1. The molecule has 0 unspecified atom stereocenters. The molecule has 1 saturated carbocycles. The molecule has 0 aliphatic heterocycles. The first-order valence-electron chi connectivity index (χ1n) is 7.02. The molecule has 2 N–H and O–H groups in total. The third-order valence-electron chi connectivity index (χ3n) is 4.33. The maximum absolute atomic E-state index is 12.8. The van der Waals surface area contributed by atoms with E-state index in [1.54, 1.807) is 7.05 Å². The Morgan fingerprint density at radius 2 is 1.95 bits per heavy atom. The smallest absolute Gasteiger partial charge is 0.246 e. The molecule has 1 aromatic heterocycles. The van der Waals surface area contributed by atoms with Crippen LogP contribution in [0, 0.1) is 5.41 Å². The number of nitrogen functional groups attached to an aromatic ring is 1. The van der Waals surface area contributed by atoms with Gasteiger partial charge in [0.2, 0.25) is 10.0 Å². The van der Waals surface area contributed by atoms with E-state index in [2.05, 4.69) is 34.8 Å². The summed E-state index contributed by atoms with van der Waals surface area (Å²) in [6, 6.07) is 1.54. The molecule has 1 aromatic rings. The van der Waals surface area contributed by atoms with E-state index in [1.165, 1.54) is 16.6 Å². The third kappa shape index (κ3) is 3.57. The highest BCUT2D eigenvalue weighted by molar-refractivity contribution is 9.10. The first-order chi connectivity index (χ1) is 9.63. The van der Waals surface area contributed by atoms with Crippen LogP contribution in [0.4, 0.5) is 5.82 Å². The van der Waals surface area contributed by atoms with E-state index < -0.39 is 10.0 Å². The zero-order valence-corrected chi connectivity index (χ0v) is 15.0. The fraction of sp³-hybridized carbons (Fsp3) is 0.643. The molecular weight excluding hydrogens is 354 g/mol. The van der Waals surface area contributed by atoms with Crippen LogP contribution in [0.2, 0.25) is 0 Å². The van der Waals surface area contributed by atoms with Crippen LogP contribution >= 0.6 is 15.9 Å². The summed E-state index contributed by atoms with van der Waals surface area (Å²) in [4.78, 5) is 3.99. The molecule has 118 valence electrons. The van der Waals surface area contributed by atoms with Crippen molar-refractivity contribution in [2.75, 3.05) is 12.8 Å². The number of aromatic nitrogens is 1. The first-order valence-corrected chi connectivity index (χ1v) is 9.26. The minimum absolute atomic E-state index is 0.0291. The molecule has 7 heteroatoms. The Bertz CT molecular complexity index is 621. The summed E-state index contributed by atoms with van der Waals surface area (Å²) < 4.78 is 27.6. The van der Waals surface area contributed by atoms with Crippen LogP contribution in [-0.4, -0.2) is 30.8 Å². The monoisotopic (exact) mass is 375 g/mol. The number of sulfonamides is 1. The molecule has 1 aliphatic carbocycles. The summed E-state index contributed by atoms with van der Waals surface area (Å²) in [7, 11) is -1.98. The summed E-state index contributed by atoms with van der Waals surface area (Å²) in [5, 5.41) is 0. The van der Waals surface area contributed by atoms with Crippen molar-refractivity contribution in [2.24, 2.45) is 5.41 Å². The maximum atomic E-state index is 12.8. The highest BCUT2D eigenvalue weighted by Crippen LogP contribution is 2.38. The minimum Gasteiger partial charge on any atom is -0.383 e. The molecule has 5 nitrogen and oxygen atoms in total. The lowest BCUT2D eigenvalue weighted by molar-refractivity contribution is 0.174. The standard InChI is InChI=1S/C14H22BrN3O2S/c1-14(2)6-4-11(5-7-14)18(3)21(19,20)12-8-10(15)9-17-13(12)16/h8-9,11H,4-7H2,1-3H3,(H2,16,17). The van der Waals surface area contributed by atoms with Crippen LogP contribution in [0.25, 0.3) is 0 Å². The Morgan fingerprint density at radius 3 is 2.52 bits per heavy atom. The minimum atomic E-state index is -3.61. The summed E-state index contributed by atoms with van der Waals surface area (Å²) in [5.74, 6) is 0.0428. The van der Waals surface area contributed by atoms with Gasteiger partial charge < -0.3 is 5.73 Å². The predicted molar refractivity (Wildman–Crippen MR) is 87.3 cm³/mol. The van der Waals surface area contributed by atoms with Crippen molar-refractivity contribution >= 4 is 31.8 Å². The number of hydrogen-bond donors (Lipinski definition) is 1. The van der Waals surface area contributed by atoms with Gasteiger partial charge in [0.15, 0.2) is 0 Å². The number of rotatable bonds is 3. The second-order valence-electron chi connectivity index (χ2n) is 6.45. The summed E-state index contributed by atoms with van der Waals surface area (Å²) in [6.07, 6.45) is 5.32. The lowest BCUT2D eigenvalue weighted by atomic mass is 9.76. The van der Waals surface area contributed by atoms with Crippen LogP contribution in [-0.2, 0) is 10.0 Å². The number of hydrogen-bond acceptors (Lipinski definition) is 4. The van der Waals surface area contributed by atoms with Gasteiger partial charge in [-0.1, -0.05) is 13.8 Å². The molecule has 0 aromatic carbocycles. The average molecular weight is 376 g/mol. The molecule has 0 spiro atoms. The fourth-order valence-electron chi connectivity index (χ4n) is 2.74. The molecule has 1 heterocycles. The molecular formula is C14H22BrN3O2S. The highest BCUT2D eigenvalue weighted by atomic mass is 79.9. The van der Waals surface area contributed by atoms with Crippen molar-refractivity contribution in [2.45, 2.75) is 50.5 Å². The largest absolute Gasteiger partial charge is 0.383 e. The number of pyridine rings is 1. The first kappa shape index (κ1) is 16.7. The molecule has 0 radical (unpaired) electrons. The normalized spacial score (nSPS) is 19.9. The van der Waals surface area contributed by atoms with E-state index in [0.717, 1.165) is 25.7 Å². The molecule has 0 amide bonds. The zero-order valence-electron chi connectivity index (χ0n) is 12.6. The number of halogens is 1. The van der Waals surface area contributed by atoms with Crippen molar-refractivity contribution in [1.82, 2.24) is 9.29 Å². The average Bonchev–Trinajstić information content (AvgIpc) is 2.40. The van der Waals surface area contributed by atoms with Crippen LogP contribution in [0.5, 0.6) is 0 Å². The second kappa shape index (κ2) is 5.85. The van der Waals surface area contributed by atoms with Crippen molar-refractivity contribution in [3.8, 4) is 0 Å². The van der Waals surface area contributed by atoms with Gasteiger partial charge in [0.25, 0.3) is 0 Å². The van der Waals surface area contributed by atoms with Gasteiger partial charge in [-0.25, -0.2) is 13.4 Å². The van der Waals surface area contributed by atoms with Crippen molar-refractivity contribution in [3.63, 3.8) is 0 Å². The van der Waals surface area contributed by atoms with Crippen LogP contribution in [0.1, 0.15) is 39.5 Å². The topological polar surface area (TPSA) is 76.3 Å². The van der Waals surface area contributed by atoms with Gasteiger partial charge in [-0.2, -0.15) is 4.31 Å². The number of nitrogens with zero attached hydrogens (tertiary/aromatic N) is 2. The molecule has 1 aliphatic rings. The summed E-state index contributed by atoms with van der Waals surface area (Å²) in [6.45, 7) is 4.46. The van der Waals surface area contributed by atoms with E-state index in [9.17, 15) is 8.42 Å². The number of nitrogens with two attached hydrogens (primary N) is 1. The van der Waals surface area contributed by atoms with Crippen LogP contribution < -0.4 is 5.73 Å². The van der Waals surface area contributed by atoms with Gasteiger partial charge in [-0.3, -0.25) is 0 Å². The van der Waals surface area contributed by atoms with Gasteiger partial charge in [0.05, 0.1) is 0 Å². The molecule has 0 saturated heterocycles. The Balaban J connectivity index is 2.25. The molecule has 0 bridgehead atoms. The second-order valence-corrected chi connectivity index (χ2v) is 9.34. The maximum Gasteiger partial charge on any atom is 0.246 e. The van der Waals surface area contributed by atoms with E-state index in [4.69, 9.17) is 5.73 Å². The third-order valence-corrected chi connectivity index (χ3v) is 6.70. The fourth-order valence-corrected chi connectivity index (χ4v) is 4.73. The summed E-state index contributed by atoms with van der Waals surface area (Å²) >= 11 is 3.25. The van der Waals surface area contributed by atoms with Gasteiger partial charge >= 0.3 is 0 Å². The Labute approximate surface area is 135 Å². The van der Waals surface area contributed by atoms with Crippen molar-refractivity contribution < 1.29 is 8.42 Å².